The first-order chi connectivity index (χ1) is 7.17. The fourth-order valence-electron chi connectivity index (χ4n) is 1.50. The lowest BCUT2D eigenvalue weighted by Gasteiger charge is -2.32. The van der Waals surface area contributed by atoms with Crippen molar-refractivity contribution in [2.45, 2.75) is 32.2 Å². The smallest absolute Gasteiger partial charge is 0.165 e. The molecule has 0 aliphatic heterocycles. The summed E-state index contributed by atoms with van der Waals surface area (Å²) < 4.78 is 13.4. The number of aromatic nitrogens is 1. The topological polar surface area (TPSA) is 50.9 Å². The maximum atomic E-state index is 13.4. The Labute approximate surface area is 89.9 Å². The van der Waals surface area contributed by atoms with Crippen LogP contribution in [0.25, 0.3) is 0 Å². The van der Waals surface area contributed by atoms with Gasteiger partial charge in [-0.2, -0.15) is 0 Å². The number of nitrogens with two attached hydrogens (primary N) is 1. The monoisotopic (exact) mass is 211 g/mol. The molecule has 3 nitrogen and oxygen atoms in total. The second-order valence-corrected chi connectivity index (χ2v) is 3.65. The molecule has 1 aromatic heterocycles. The standard InChI is InChI=1S/C11H18FN3/c1-3-11(4-2,8-13)15-10-9(12)6-5-7-14-10/h5-7H,3-4,8,13H2,1-2H3,(H,14,15). The molecule has 84 valence electrons. The van der Waals surface area contributed by atoms with E-state index in [0.717, 1.165) is 12.8 Å². The molecule has 15 heavy (non-hydrogen) atoms. The molecular formula is C11H18FN3. The van der Waals surface area contributed by atoms with Crippen molar-refractivity contribution in [3.63, 3.8) is 0 Å². The van der Waals surface area contributed by atoms with E-state index >= 15 is 0 Å². The van der Waals surface area contributed by atoms with Gasteiger partial charge in [0.15, 0.2) is 11.6 Å². The zero-order chi connectivity index (χ0) is 11.3. The quantitative estimate of drug-likeness (QED) is 0.784. The Morgan fingerprint density at radius 1 is 1.47 bits per heavy atom. The van der Waals surface area contributed by atoms with Crippen molar-refractivity contribution in [1.82, 2.24) is 4.98 Å². The molecule has 3 N–H and O–H groups in total. The van der Waals surface area contributed by atoms with Crippen molar-refractivity contribution in [3.8, 4) is 0 Å². The summed E-state index contributed by atoms with van der Waals surface area (Å²) in [5.74, 6) is -0.0520. The van der Waals surface area contributed by atoms with Crippen LogP contribution < -0.4 is 11.1 Å². The molecule has 0 aliphatic carbocycles. The van der Waals surface area contributed by atoms with Gasteiger partial charge in [-0.15, -0.1) is 0 Å². The van der Waals surface area contributed by atoms with E-state index in [0.29, 0.717) is 6.54 Å². The van der Waals surface area contributed by atoms with Gasteiger partial charge in [-0.05, 0) is 25.0 Å². The van der Waals surface area contributed by atoms with Crippen molar-refractivity contribution in [1.29, 1.82) is 0 Å². The van der Waals surface area contributed by atoms with Crippen LogP contribution in [0.5, 0.6) is 0 Å². The highest BCUT2D eigenvalue weighted by molar-refractivity contribution is 5.39. The molecule has 0 aliphatic rings. The zero-order valence-electron chi connectivity index (χ0n) is 9.26. The molecule has 0 amide bonds. The fourth-order valence-corrected chi connectivity index (χ4v) is 1.50. The highest BCUT2D eigenvalue weighted by Crippen LogP contribution is 2.21. The normalized spacial score (nSPS) is 11.5. The molecule has 0 radical (unpaired) electrons. The Balaban J connectivity index is 2.88. The summed E-state index contributed by atoms with van der Waals surface area (Å²) in [5.41, 5.74) is 5.46. The van der Waals surface area contributed by atoms with Gasteiger partial charge in [0.2, 0.25) is 0 Å². The van der Waals surface area contributed by atoms with Crippen LogP contribution in [-0.2, 0) is 0 Å². The molecular weight excluding hydrogens is 193 g/mol. The molecule has 1 aromatic rings. The molecule has 0 fully saturated rings. The molecule has 1 heterocycles. The Hall–Kier alpha value is -1.16. The number of nitrogens with zero attached hydrogens (tertiary/aromatic N) is 1. The summed E-state index contributed by atoms with van der Waals surface area (Å²) in [5, 5.41) is 3.10. The van der Waals surface area contributed by atoms with E-state index in [-0.39, 0.29) is 17.2 Å². The molecule has 1 rings (SSSR count). The minimum Gasteiger partial charge on any atom is -0.361 e. The Morgan fingerprint density at radius 3 is 2.60 bits per heavy atom. The van der Waals surface area contributed by atoms with Gasteiger partial charge in [0.25, 0.3) is 0 Å². The average Bonchev–Trinajstić information content (AvgIpc) is 2.29. The van der Waals surface area contributed by atoms with Crippen LogP contribution in [0.15, 0.2) is 18.3 Å². The molecule has 0 saturated carbocycles. The maximum Gasteiger partial charge on any atom is 0.165 e. The van der Waals surface area contributed by atoms with Crippen LogP contribution >= 0.6 is 0 Å². The first kappa shape index (κ1) is 11.9. The lowest BCUT2D eigenvalue weighted by atomic mass is 9.93. The largest absolute Gasteiger partial charge is 0.361 e. The lowest BCUT2D eigenvalue weighted by molar-refractivity contribution is 0.440. The van der Waals surface area contributed by atoms with Crippen LogP contribution in [0, 0.1) is 5.82 Å². The molecule has 0 atom stereocenters. The number of halogens is 1. The predicted molar refractivity (Wildman–Crippen MR) is 60.2 cm³/mol. The summed E-state index contributed by atoms with van der Waals surface area (Å²) in [6.07, 6.45) is 3.25. The Morgan fingerprint density at radius 2 is 2.13 bits per heavy atom. The van der Waals surface area contributed by atoms with Crippen LogP contribution in [-0.4, -0.2) is 17.1 Å². The second kappa shape index (κ2) is 5.07. The van der Waals surface area contributed by atoms with E-state index < -0.39 is 0 Å². The van der Waals surface area contributed by atoms with Crippen LogP contribution in [0.4, 0.5) is 10.2 Å². The molecule has 0 spiro atoms. The van der Waals surface area contributed by atoms with Crippen molar-refractivity contribution < 1.29 is 4.39 Å². The third-order valence-corrected chi connectivity index (χ3v) is 2.89. The second-order valence-electron chi connectivity index (χ2n) is 3.65. The van der Waals surface area contributed by atoms with Gasteiger partial charge in [-0.25, -0.2) is 9.37 Å². The third kappa shape index (κ3) is 2.65. The maximum absolute atomic E-state index is 13.4. The zero-order valence-corrected chi connectivity index (χ0v) is 9.26. The third-order valence-electron chi connectivity index (χ3n) is 2.89. The average molecular weight is 211 g/mol. The first-order valence-corrected chi connectivity index (χ1v) is 5.26. The Kier molecular flexibility index (Phi) is 4.03. The molecule has 0 bridgehead atoms. The lowest BCUT2D eigenvalue weighted by Crippen LogP contribution is -2.44. The molecule has 0 saturated heterocycles. The van der Waals surface area contributed by atoms with Crippen molar-refractivity contribution in [2.75, 3.05) is 11.9 Å². The Bertz CT molecular complexity index is 302. The summed E-state index contributed by atoms with van der Waals surface area (Å²) in [6, 6.07) is 2.96. The van der Waals surface area contributed by atoms with E-state index in [9.17, 15) is 4.39 Å². The minimum absolute atomic E-state index is 0.255. The van der Waals surface area contributed by atoms with Crippen molar-refractivity contribution in [2.24, 2.45) is 5.73 Å². The van der Waals surface area contributed by atoms with E-state index in [1.54, 1.807) is 12.3 Å². The number of hydrogen-bond donors (Lipinski definition) is 2. The summed E-state index contributed by atoms with van der Waals surface area (Å²) in [6.45, 7) is 4.53. The highest BCUT2D eigenvalue weighted by atomic mass is 19.1. The van der Waals surface area contributed by atoms with Gasteiger partial charge in [0.05, 0.1) is 5.54 Å². The van der Waals surface area contributed by atoms with E-state index in [4.69, 9.17) is 5.73 Å². The van der Waals surface area contributed by atoms with Crippen molar-refractivity contribution >= 4 is 5.82 Å². The number of pyridine rings is 1. The van der Waals surface area contributed by atoms with Gasteiger partial charge in [-0.3, -0.25) is 0 Å². The minimum atomic E-state index is -0.336. The summed E-state index contributed by atoms with van der Waals surface area (Å²) in [4.78, 5) is 3.97. The van der Waals surface area contributed by atoms with Crippen LogP contribution in [0.3, 0.4) is 0 Å². The number of anilines is 1. The summed E-state index contributed by atoms with van der Waals surface area (Å²) >= 11 is 0. The van der Waals surface area contributed by atoms with Crippen molar-refractivity contribution in [3.05, 3.63) is 24.1 Å². The van der Waals surface area contributed by atoms with Crippen LogP contribution in [0.1, 0.15) is 26.7 Å². The SMILES string of the molecule is CCC(CC)(CN)Nc1ncccc1F. The van der Waals surface area contributed by atoms with Gasteiger partial charge in [-0.1, -0.05) is 13.8 Å². The van der Waals surface area contributed by atoms with Gasteiger partial charge in [0, 0.05) is 12.7 Å². The van der Waals surface area contributed by atoms with Gasteiger partial charge in [0.1, 0.15) is 0 Å². The van der Waals surface area contributed by atoms with Gasteiger partial charge >= 0.3 is 0 Å². The van der Waals surface area contributed by atoms with Gasteiger partial charge < -0.3 is 11.1 Å². The molecule has 4 heteroatoms. The highest BCUT2D eigenvalue weighted by Gasteiger charge is 2.25. The number of nitrogens with one attached hydrogen (secondary N) is 1. The van der Waals surface area contributed by atoms with E-state index in [2.05, 4.69) is 10.3 Å². The first-order valence-electron chi connectivity index (χ1n) is 5.26. The van der Waals surface area contributed by atoms with E-state index in [1.807, 2.05) is 13.8 Å². The number of rotatable bonds is 5. The molecule has 0 aromatic carbocycles. The number of hydrogen-bond acceptors (Lipinski definition) is 3. The fraction of sp³-hybridized carbons (Fsp3) is 0.545. The van der Waals surface area contributed by atoms with Crippen LogP contribution in [0.2, 0.25) is 0 Å². The molecule has 0 unspecified atom stereocenters. The predicted octanol–water partition coefficient (Wildman–Crippen LogP) is 2.15. The summed E-state index contributed by atoms with van der Waals surface area (Å²) in [7, 11) is 0. The van der Waals surface area contributed by atoms with E-state index in [1.165, 1.54) is 6.07 Å².